The molecular weight excluding hydrogens is 196 g/mol. The minimum Gasteiger partial charge on any atom is -0.316 e. The van der Waals surface area contributed by atoms with E-state index in [9.17, 15) is 0 Å². The summed E-state index contributed by atoms with van der Waals surface area (Å²) in [6.45, 7) is 10.6. The third-order valence-corrected chi connectivity index (χ3v) is 3.55. The number of unbranched alkanes of at least 4 members (excludes halogenated alkanes) is 1. The number of hydrogen-bond acceptors (Lipinski definition) is 2. The van der Waals surface area contributed by atoms with Crippen molar-refractivity contribution in [3.63, 3.8) is 0 Å². The molecule has 0 saturated carbocycles. The molecular formula is C14H30N2. The quantitative estimate of drug-likeness (QED) is 0.652. The van der Waals surface area contributed by atoms with Gasteiger partial charge in [-0.05, 0) is 57.7 Å². The molecule has 0 aliphatic carbocycles. The van der Waals surface area contributed by atoms with E-state index in [0.717, 1.165) is 17.9 Å². The van der Waals surface area contributed by atoms with Gasteiger partial charge in [-0.1, -0.05) is 26.7 Å². The van der Waals surface area contributed by atoms with Gasteiger partial charge in [-0.25, -0.2) is 0 Å². The van der Waals surface area contributed by atoms with Crippen LogP contribution < -0.4 is 10.6 Å². The molecule has 1 rings (SSSR count). The zero-order valence-electron chi connectivity index (χ0n) is 11.4. The fraction of sp³-hybridized carbons (Fsp3) is 1.00. The molecule has 16 heavy (non-hydrogen) atoms. The first kappa shape index (κ1) is 14.0. The summed E-state index contributed by atoms with van der Waals surface area (Å²) in [5.41, 5.74) is 0. The summed E-state index contributed by atoms with van der Waals surface area (Å²) in [5, 5.41) is 7.13. The van der Waals surface area contributed by atoms with Crippen LogP contribution in [0.4, 0.5) is 0 Å². The maximum atomic E-state index is 3.62. The van der Waals surface area contributed by atoms with Crippen LogP contribution in [0.15, 0.2) is 0 Å². The van der Waals surface area contributed by atoms with Crippen LogP contribution >= 0.6 is 0 Å². The second-order valence-corrected chi connectivity index (χ2v) is 5.84. The average Bonchev–Trinajstić information content (AvgIpc) is 2.23. The van der Waals surface area contributed by atoms with Gasteiger partial charge < -0.3 is 10.6 Å². The van der Waals surface area contributed by atoms with Crippen molar-refractivity contribution in [2.24, 2.45) is 11.8 Å². The summed E-state index contributed by atoms with van der Waals surface area (Å²) in [4.78, 5) is 0. The zero-order valence-corrected chi connectivity index (χ0v) is 11.4. The first-order valence-corrected chi connectivity index (χ1v) is 7.12. The molecule has 2 unspecified atom stereocenters. The van der Waals surface area contributed by atoms with Crippen LogP contribution in [0.1, 0.15) is 52.9 Å². The Morgan fingerprint density at radius 1 is 1.31 bits per heavy atom. The van der Waals surface area contributed by atoms with Crippen LogP contribution in [-0.2, 0) is 0 Å². The summed E-state index contributed by atoms with van der Waals surface area (Å²) in [6, 6.07) is 0.724. The van der Waals surface area contributed by atoms with Crippen LogP contribution in [0, 0.1) is 11.8 Å². The summed E-state index contributed by atoms with van der Waals surface area (Å²) >= 11 is 0. The van der Waals surface area contributed by atoms with Crippen LogP contribution in [0.25, 0.3) is 0 Å². The van der Waals surface area contributed by atoms with E-state index in [1.54, 1.807) is 0 Å². The maximum Gasteiger partial charge on any atom is 0.00418 e. The molecule has 0 aromatic rings. The number of rotatable bonds is 7. The summed E-state index contributed by atoms with van der Waals surface area (Å²) in [7, 11) is 0. The van der Waals surface area contributed by atoms with E-state index in [0.29, 0.717) is 0 Å². The molecule has 0 amide bonds. The molecule has 96 valence electrons. The van der Waals surface area contributed by atoms with Crippen LogP contribution in [-0.4, -0.2) is 25.7 Å². The van der Waals surface area contributed by atoms with Crippen LogP contribution in [0.2, 0.25) is 0 Å². The molecule has 0 aromatic carbocycles. The van der Waals surface area contributed by atoms with Gasteiger partial charge in [-0.15, -0.1) is 0 Å². The van der Waals surface area contributed by atoms with E-state index >= 15 is 0 Å². The molecule has 2 N–H and O–H groups in total. The molecule has 0 bridgehead atoms. The van der Waals surface area contributed by atoms with Gasteiger partial charge in [-0.2, -0.15) is 0 Å². The number of hydrogen-bond donors (Lipinski definition) is 2. The molecule has 1 heterocycles. The summed E-state index contributed by atoms with van der Waals surface area (Å²) in [6.07, 6.45) is 6.81. The fourth-order valence-electron chi connectivity index (χ4n) is 2.53. The van der Waals surface area contributed by atoms with E-state index in [2.05, 4.69) is 31.4 Å². The average molecular weight is 226 g/mol. The Morgan fingerprint density at radius 3 is 2.81 bits per heavy atom. The Kier molecular flexibility index (Phi) is 7.06. The van der Waals surface area contributed by atoms with Crippen molar-refractivity contribution in [3.05, 3.63) is 0 Å². The van der Waals surface area contributed by atoms with Crippen molar-refractivity contribution >= 4 is 0 Å². The smallest absolute Gasteiger partial charge is 0.00418 e. The van der Waals surface area contributed by atoms with Gasteiger partial charge in [0.05, 0.1) is 0 Å². The Labute approximate surface area is 102 Å². The fourth-order valence-corrected chi connectivity index (χ4v) is 2.53. The molecule has 0 aromatic heterocycles. The molecule has 0 spiro atoms. The van der Waals surface area contributed by atoms with Crippen molar-refractivity contribution in [1.82, 2.24) is 10.6 Å². The Bertz CT molecular complexity index is 168. The predicted molar refractivity (Wildman–Crippen MR) is 71.7 cm³/mol. The molecule has 1 fully saturated rings. The highest BCUT2D eigenvalue weighted by molar-refractivity contribution is 4.76. The Balaban J connectivity index is 1.90. The number of piperidine rings is 1. The number of nitrogens with one attached hydrogen (secondary N) is 2. The van der Waals surface area contributed by atoms with E-state index in [4.69, 9.17) is 0 Å². The zero-order chi connectivity index (χ0) is 11.8. The minimum atomic E-state index is 0.724. The standard InChI is InChI=1S/C14H30N2/c1-12(2)6-4-5-8-15-11-14-7-9-16-13(3)10-14/h12-16H,4-11H2,1-3H3. The normalized spacial score (nSPS) is 26.2. The molecule has 1 aliphatic rings. The second-order valence-electron chi connectivity index (χ2n) is 5.84. The highest BCUT2D eigenvalue weighted by Gasteiger charge is 2.17. The van der Waals surface area contributed by atoms with Gasteiger partial charge in [0.2, 0.25) is 0 Å². The SMILES string of the molecule is CC(C)CCCCNCC1CCNC(C)C1. The van der Waals surface area contributed by atoms with Crippen LogP contribution in [0.3, 0.4) is 0 Å². The van der Waals surface area contributed by atoms with Crippen molar-refractivity contribution in [1.29, 1.82) is 0 Å². The molecule has 1 saturated heterocycles. The summed E-state index contributed by atoms with van der Waals surface area (Å²) < 4.78 is 0. The lowest BCUT2D eigenvalue weighted by Gasteiger charge is -2.28. The second kappa shape index (κ2) is 8.08. The molecule has 1 aliphatic heterocycles. The predicted octanol–water partition coefficient (Wildman–Crippen LogP) is 2.79. The lowest BCUT2D eigenvalue weighted by Crippen LogP contribution is -2.39. The molecule has 0 radical (unpaired) electrons. The van der Waals surface area contributed by atoms with Gasteiger partial charge >= 0.3 is 0 Å². The van der Waals surface area contributed by atoms with Gasteiger partial charge in [0.1, 0.15) is 0 Å². The molecule has 2 heteroatoms. The largest absolute Gasteiger partial charge is 0.316 e. The van der Waals surface area contributed by atoms with Crippen molar-refractivity contribution in [2.75, 3.05) is 19.6 Å². The monoisotopic (exact) mass is 226 g/mol. The van der Waals surface area contributed by atoms with Crippen molar-refractivity contribution in [3.8, 4) is 0 Å². The lowest BCUT2D eigenvalue weighted by molar-refractivity contribution is 0.304. The minimum absolute atomic E-state index is 0.724. The van der Waals surface area contributed by atoms with Gasteiger partial charge in [0.15, 0.2) is 0 Å². The first-order valence-electron chi connectivity index (χ1n) is 7.12. The maximum absolute atomic E-state index is 3.62. The third-order valence-electron chi connectivity index (χ3n) is 3.55. The van der Waals surface area contributed by atoms with Gasteiger partial charge in [0.25, 0.3) is 0 Å². The molecule has 2 atom stereocenters. The van der Waals surface area contributed by atoms with E-state index < -0.39 is 0 Å². The Morgan fingerprint density at radius 2 is 2.12 bits per heavy atom. The van der Waals surface area contributed by atoms with E-state index in [-0.39, 0.29) is 0 Å². The molecule has 2 nitrogen and oxygen atoms in total. The summed E-state index contributed by atoms with van der Waals surface area (Å²) in [5.74, 6) is 1.77. The van der Waals surface area contributed by atoms with Crippen molar-refractivity contribution in [2.45, 2.75) is 58.9 Å². The van der Waals surface area contributed by atoms with E-state index in [1.807, 2.05) is 0 Å². The Hall–Kier alpha value is -0.0800. The van der Waals surface area contributed by atoms with Crippen molar-refractivity contribution < 1.29 is 0 Å². The lowest BCUT2D eigenvalue weighted by atomic mass is 9.93. The topological polar surface area (TPSA) is 24.1 Å². The van der Waals surface area contributed by atoms with Crippen LogP contribution in [0.5, 0.6) is 0 Å². The first-order chi connectivity index (χ1) is 7.68. The van der Waals surface area contributed by atoms with Gasteiger partial charge in [-0.3, -0.25) is 0 Å². The highest BCUT2D eigenvalue weighted by Crippen LogP contribution is 2.14. The van der Waals surface area contributed by atoms with Gasteiger partial charge in [0, 0.05) is 6.04 Å². The highest BCUT2D eigenvalue weighted by atomic mass is 14.9. The van der Waals surface area contributed by atoms with E-state index in [1.165, 1.54) is 51.7 Å². The third kappa shape index (κ3) is 6.49.